The van der Waals surface area contributed by atoms with Gasteiger partial charge in [0.2, 0.25) is 5.91 Å². The van der Waals surface area contributed by atoms with Crippen LogP contribution in [-0.2, 0) is 11.2 Å². The number of rotatable bonds is 7. The third-order valence-electron chi connectivity index (χ3n) is 4.52. The first-order valence-electron chi connectivity index (χ1n) is 9.50. The molecule has 1 fully saturated rings. The summed E-state index contributed by atoms with van der Waals surface area (Å²) in [6.45, 7) is 9.00. The van der Waals surface area contributed by atoms with E-state index in [4.69, 9.17) is 4.74 Å². The van der Waals surface area contributed by atoms with Crippen LogP contribution in [0.2, 0.25) is 0 Å². The Kier molecular flexibility index (Phi) is 10.5. The maximum atomic E-state index is 12.1. The second kappa shape index (κ2) is 12.0. The molecule has 1 aromatic carbocycles. The molecule has 0 saturated carbocycles. The number of amides is 1. The van der Waals surface area contributed by atoms with E-state index in [1.807, 2.05) is 36.9 Å². The van der Waals surface area contributed by atoms with Crippen LogP contribution in [0.1, 0.15) is 32.8 Å². The average Bonchev–Trinajstić information content (AvgIpc) is 3.10. The maximum absolute atomic E-state index is 12.1. The van der Waals surface area contributed by atoms with Crippen molar-refractivity contribution in [3.63, 3.8) is 0 Å². The minimum atomic E-state index is 0. The Morgan fingerprint density at radius 1 is 1.37 bits per heavy atom. The molecule has 1 unspecified atom stereocenters. The van der Waals surface area contributed by atoms with Crippen molar-refractivity contribution in [2.75, 3.05) is 33.3 Å². The van der Waals surface area contributed by atoms with Crippen LogP contribution in [0.15, 0.2) is 29.3 Å². The van der Waals surface area contributed by atoms with Gasteiger partial charge in [0.25, 0.3) is 0 Å². The van der Waals surface area contributed by atoms with Gasteiger partial charge < -0.3 is 20.3 Å². The summed E-state index contributed by atoms with van der Waals surface area (Å²) in [5.74, 6) is 1.99. The van der Waals surface area contributed by atoms with E-state index in [9.17, 15) is 4.79 Å². The number of carbonyl (C=O) groups is 1. The summed E-state index contributed by atoms with van der Waals surface area (Å²) < 4.78 is 5.39. The van der Waals surface area contributed by atoms with E-state index in [-0.39, 0.29) is 41.8 Å². The zero-order chi connectivity index (χ0) is 18.9. The van der Waals surface area contributed by atoms with E-state index < -0.39 is 0 Å². The van der Waals surface area contributed by atoms with Crippen molar-refractivity contribution < 1.29 is 9.53 Å². The van der Waals surface area contributed by atoms with Crippen molar-refractivity contribution in [1.29, 1.82) is 0 Å². The van der Waals surface area contributed by atoms with Gasteiger partial charge in [-0.3, -0.25) is 9.79 Å². The van der Waals surface area contributed by atoms with E-state index in [1.165, 1.54) is 0 Å². The zero-order valence-electron chi connectivity index (χ0n) is 16.8. The van der Waals surface area contributed by atoms with Gasteiger partial charge >= 0.3 is 0 Å². The number of hydrogen-bond donors (Lipinski definition) is 2. The van der Waals surface area contributed by atoms with Gasteiger partial charge in [0.15, 0.2) is 5.96 Å². The molecule has 0 radical (unpaired) electrons. The highest BCUT2D eigenvalue weighted by Gasteiger charge is 2.27. The van der Waals surface area contributed by atoms with Crippen LogP contribution in [0.5, 0.6) is 5.75 Å². The molecule has 0 aromatic heterocycles. The van der Waals surface area contributed by atoms with E-state index >= 15 is 0 Å². The lowest BCUT2D eigenvalue weighted by Crippen LogP contribution is -2.45. The number of para-hydroxylation sites is 1. The normalized spacial score (nSPS) is 16.9. The van der Waals surface area contributed by atoms with Gasteiger partial charge in [-0.15, -0.1) is 24.0 Å². The zero-order valence-corrected chi connectivity index (χ0v) is 19.2. The minimum Gasteiger partial charge on any atom is -0.496 e. The molecule has 1 heterocycles. The van der Waals surface area contributed by atoms with Crippen molar-refractivity contribution in [3.8, 4) is 5.75 Å². The molecule has 1 amide bonds. The number of likely N-dealkylation sites (tertiary alicyclic amines) is 1. The SMILES string of the molecule is CCNC(=NCCc1ccccc1OC)NC1CCN(C(=O)C(C)C)C1.I. The number of guanidine groups is 1. The summed E-state index contributed by atoms with van der Waals surface area (Å²) in [5, 5.41) is 6.76. The molecule has 6 nitrogen and oxygen atoms in total. The van der Waals surface area contributed by atoms with Crippen molar-refractivity contribution in [2.24, 2.45) is 10.9 Å². The summed E-state index contributed by atoms with van der Waals surface area (Å²) in [7, 11) is 1.69. The number of nitrogens with zero attached hydrogens (tertiary/aromatic N) is 2. The van der Waals surface area contributed by atoms with E-state index in [1.54, 1.807) is 7.11 Å². The van der Waals surface area contributed by atoms with Gasteiger partial charge in [-0.25, -0.2) is 0 Å². The third kappa shape index (κ3) is 7.20. The molecular formula is C20H33IN4O2. The highest BCUT2D eigenvalue weighted by Crippen LogP contribution is 2.17. The fraction of sp³-hybridized carbons (Fsp3) is 0.600. The summed E-state index contributed by atoms with van der Waals surface area (Å²) in [6.07, 6.45) is 1.78. The quantitative estimate of drug-likeness (QED) is 0.352. The van der Waals surface area contributed by atoms with Gasteiger partial charge in [-0.05, 0) is 31.4 Å². The molecule has 1 aromatic rings. The van der Waals surface area contributed by atoms with E-state index in [0.717, 1.165) is 49.7 Å². The van der Waals surface area contributed by atoms with Crippen molar-refractivity contribution >= 4 is 35.8 Å². The topological polar surface area (TPSA) is 66.0 Å². The third-order valence-corrected chi connectivity index (χ3v) is 4.52. The first-order chi connectivity index (χ1) is 12.5. The van der Waals surface area contributed by atoms with Crippen molar-refractivity contribution in [1.82, 2.24) is 15.5 Å². The molecule has 0 aliphatic carbocycles. The molecule has 0 spiro atoms. The number of ether oxygens (including phenoxy) is 1. The standard InChI is InChI=1S/C20H32N4O2.HI/c1-5-21-20(22-12-10-16-8-6-7-9-18(16)26-4)23-17-11-13-24(14-17)19(25)15(2)3;/h6-9,15,17H,5,10-14H2,1-4H3,(H2,21,22,23);1H. The second-order valence-electron chi connectivity index (χ2n) is 6.89. The number of hydrogen-bond acceptors (Lipinski definition) is 3. The summed E-state index contributed by atoms with van der Waals surface area (Å²) >= 11 is 0. The van der Waals surface area contributed by atoms with Gasteiger partial charge in [-0.1, -0.05) is 32.0 Å². The fourth-order valence-electron chi connectivity index (χ4n) is 3.15. The Hall–Kier alpha value is -1.51. The number of halogens is 1. The molecule has 1 aliphatic rings. The molecule has 0 bridgehead atoms. The maximum Gasteiger partial charge on any atom is 0.225 e. The lowest BCUT2D eigenvalue weighted by atomic mass is 10.1. The summed E-state index contributed by atoms with van der Waals surface area (Å²) in [5.41, 5.74) is 1.16. The van der Waals surface area contributed by atoms with Crippen LogP contribution < -0.4 is 15.4 Å². The summed E-state index contributed by atoms with van der Waals surface area (Å²) in [4.78, 5) is 18.8. The number of carbonyl (C=O) groups excluding carboxylic acids is 1. The van der Waals surface area contributed by atoms with Crippen molar-refractivity contribution in [2.45, 2.75) is 39.7 Å². The van der Waals surface area contributed by atoms with Gasteiger partial charge in [-0.2, -0.15) is 0 Å². The Morgan fingerprint density at radius 3 is 2.78 bits per heavy atom. The molecule has 2 rings (SSSR count). The Labute approximate surface area is 180 Å². The molecule has 152 valence electrons. The lowest BCUT2D eigenvalue weighted by Gasteiger charge is -2.20. The smallest absolute Gasteiger partial charge is 0.225 e. The van der Waals surface area contributed by atoms with Crippen molar-refractivity contribution in [3.05, 3.63) is 29.8 Å². The Morgan fingerprint density at radius 2 is 2.11 bits per heavy atom. The van der Waals surface area contributed by atoms with Crippen LogP contribution in [-0.4, -0.2) is 56.1 Å². The molecule has 27 heavy (non-hydrogen) atoms. The van der Waals surface area contributed by atoms with Crippen LogP contribution in [0.25, 0.3) is 0 Å². The summed E-state index contributed by atoms with van der Waals surface area (Å²) in [6, 6.07) is 8.29. The lowest BCUT2D eigenvalue weighted by molar-refractivity contribution is -0.133. The number of benzene rings is 1. The fourth-order valence-corrected chi connectivity index (χ4v) is 3.15. The first kappa shape index (κ1) is 23.5. The number of nitrogens with one attached hydrogen (secondary N) is 2. The molecule has 1 saturated heterocycles. The average molecular weight is 488 g/mol. The predicted molar refractivity (Wildman–Crippen MR) is 121 cm³/mol. The molecule has 1 aliphatic heterocycles. The van der Waals surface area contributed by atoms with Crippen LogP contribution in [0.4, 0.5) is 0 Å². The molecular weight excluding hydrogens is 455 g/mol. The largest absolute Gasteiger partial charge is 0.496 e. The van der Waals surface area contributed by atoms with Crippen LogP contribution in [0, 0.1) is 5.92 Å². The van der Waals surface area contributed by atoms with Gasteiger partial charge in [0, 0.05) is 38.1 Å². The highest BCUT2D eigenvalue weighted by atomic mass is 127. The van der Waals surface area contributed by atoms with E-state index in [0.29, 0.717) is 6.54 Å². The number of methoxy groups -OCH3 is 1. The predicted octanol–water partition coefficient (Wildman–Crippen LogP) is 2.67. The highest BCUT2D eigenvalue weighted by molar-refractivity contribution is 14.0. The monoisotopic (exact) mass is 488 g/mol. The van der Waals surface area contributed by atoms with Gasteiger partial charge in [0.05, 0.1) is 7.11 Å². The first-order valence-corrected chi connectivity index (χ1v) is 9.50. The Bertz CT molecular complexity index is 622. The van der Waals surface area contributed by atoms with Crippen LogP contribution in [0.3, 0.4) is 0 Å². The molecule has 2 N–H and O–H groups in total. The molecule has 7 heteroatoms. The Balaban J connectivity index is 0.00000364. The number of aliphatic imine (C=N–C) groups is 1. The second-order valence-corrected chi connectivity index (χ2v) is 6.89. The molecule has 1 atom stereocenters. The van der Waals surface area contributed by atoms with Crippen LogP contribution >= 0.6 is 24.0 Å². The minimum absolute atomic E-state index is 0. The van der Waals surface area contributed by atoms with E-state index in [2.05, 4.69) is 28.6 Å². The van der Waals surface area contributed by atoms with Gasteiger partial charge in [0.1, 0.15) is 5.75 Å².